The summed E-state index contributed by atoms with van der Waals surface area (Å²) >= 11 is 6.14. The molecule has 0 radical (unpaired) electrons. The van der Waals surface area contributed by atoms with Crippen molar-refractivity contribution in [3.63, 3.8) is 0 Å². The number of aromatic nitrogens is 2. The maximum Gasteiger partial charge on any atom is 0.256 e. The Morgan fingerprint density at radius 1 is 1.23 bits per heavy atom. The number of anilines is 1. The number of hydrogen-bond donors (Lipinski definition) is 1. The van der Waals surface area contributed by atoms with Crippen LogP contribution in [0.1, 0.15) is 22.8 Å². The summed E-state index contributed by atoms with van der Waals surface area (Å²) in [4.78, 5) is 12.3. The molecule has 0 unspecified atom stereocenters. The van der Waals surface area contributed by atoms with Gasteiger partial charge in [-0.3, -0.25) is 9.48 Å². The molecule has 0 saturated carbocycles. The molecule has 0 bridgehead atoms. The van der Waals surface area contributed by atoms with Crippen molar-refractivity contribution in [2.24, 2.45) is 0 Å². The molecule has 2 aromatic carbocycles. The Morgan fingerprint density at radius 2 is 1.96 bits per heavy atom. The number of hydrogen-bond acceptors (Lipinski definition) is 3. The zero-order valence-corrected chi connectivity index (χ0v) is 14.8. The Balaban J connectivity index is 1.71. The molecule has 7 heteroatoms. The number of amides is 1. The number of nitrogens with one attached hydrogen (secondary N) is 1. The SMILES string of the molecule is CCOc1ccc(C(=O)Nc2nn(Cc3ccccc3F)cc2Cl)cc1. The number of carbonyl (C=O) groups excluding carboxylic acids is 1. The first-order chi connectivity index (χ1) is 12.6. The molecular weight excluding hydrogens is 357 g/mol. The third kappa shape index (κ3) is 4.21. The predicted molar refractivity (Wildman–Crippen MR) is 98.3 cm³/mol. The maximum atomic E-state index is 13.7. The van der Waals surface area contributed by atoms with Gasteiger partial charge in [0.15, 0.2) is 5.82 Å². The zero-order valence-electron chi connectivity index (χ0n) is 14.1. The van der Waals surface area contributed by atoms with Crippen LogP contribution >= 0.6 is 11.6 Å². The summed E-state index contributed by atoms with van der Waals surface area (Å²) < 4.78 is 20.6. The van der Waals surface area contributed by atoms with Gasteiger partial charge in [-0.1, -0.05) is 29.8 Å². The van der Waals surface area contributed by atoms with Gasteiger partial charge in [0.05, 0.1) is 13.2 Å². The van der Waals surface area contributed by atoms with Crippen molar-refractivity contribution in [2.75, 3.05) is 11.9 Å². The average molecular weight is 374 g/mol. The van der Waals surface area contributed by atoms with E-state index in [1.807, 2.05) is 6.92 Å². The highest BCUT2D eigenvalue weighted by molar-refractivity contribution is 6.33. The summed E-state index contributed by atoms with van der Waals surface area (Å²) in [5.41, 5.74) is 0.934. The van der Waals surface area contributed by atoms with Crippen LogP contribution in [0.25, 0.3) is 0 Å². The van der Waals surface area contributed by atoms with Crippen LogP contribution in [0, 0.1) is 5.82 Å². The van der Waals surface area contributed by atoms with Crippen LogP contribution in [0.3, 0.4) is 0 Å². The van der Waals surface area contributed by atoms with Gasteiger partial charge >= 0.3 is 0 Å². The molecule has 1 amide bonds. The highest BCUT2D eigenvalue weighted by atomic mass is 35.5. The van der Waals surface area contributed by atoms with Crippen LogP contribution in [0.5, 0.6) is 5.75 Å². The Morgan fingerprint density at radius 3 is 2.65 bits per heavy atom. The van der Waals surface area contributed by atoms with Crippen LogP contribution in [-0.2, 0) is 6.54 Å². The van der Waals surface area contributed by atoms with E-state index in [-0.39, 0.29) is 29.1 Å². The molecule has 5 nitrogen and oxygen atoms in total. The molecule has 3 aromatic rings. The van der Waals surface area contributed by atoms with Gasteiger partial charge in [0.2, 0.25) is 0 Å². The fourth-order valence-corrected chi connectivity index (χ4v) is 2.61. The molecular formula is C19H17ClFN3O2. The average Bonchev–Trinajstić information content (AvgIpc) is 2.97. The molecule has 1 heterocycles. The second-order valence-electron chi connectivity index (χ2n) is 5.53. The van der Waals surface area contributed by atoms with Gasteiger partial charge in [0, 0.05) is 17.3 Å². The molecule has 0 aliphatic rings. The molecule has 0 aliphatic carbocycles. The standard InChI is InChI=1S/C19H17ClFN3O2/c1-2-26-15-9-7-13(8-10-15)19(25)22-18-16(20)12-24(23-18)11-14-5-3-4-6-17(14)21/h3-10,12H,2,11H2,1H3,(H,22,23,25). The lowest BCUT2D eigenvalue weighted by atomic mass is 10.2. The molecule has 1 aromatic heterocycles. The Hall–Kier alpha value is -2.86. The van der Waals surface area contributed by atoms with Gasteiger partial charge in [-0.15, -0.1) is 0 Å². The van der Waals surface area contributed by atoms with Gasteiger partial charge in [-0.25, -0.2) is 4.39 Å². The van der Waals surface area contributed by atoms with Gasteiger partial charge in [0.1, 0.15) is 16.6 Å². The molecule has 0 atom stereocenters. The fourth-order valence-electron chi connectivity index (χ4n) is 2.41. The number of nitrogens with zero attached hydrogens (tertiary/aromatic N) is 2. The summed E-state index contributed by atoms with van der Waals surface area (Å²) in [6.07, 6.45) is 1.54. The van der Waals surface area contributed by atoms with Gasteiger partial charge in [-0.2, -0.15) is 5.10 Å². The van der Waals surface area contributed by atoms with E-state index in [1.165, 1.54) is 10.7 Å². The normalized spacial score (nSPS) is 10.6. The van der Waals surface area contributed by atoms with Crippen LogP contribution in [0.2, 0.25) is 5.02 Å². The zero-order chi connectivity index (χ0) is 18.5. The largest absolute Gasteiger partial charge is 0.494 e. The molecule has 3 rings (SSSR count). The van der Waals surface area contributed by atoms with E-state index in [4.69, 9.17) is 16.3 Å². The van der Waals surface area contributed by atoms with Crippen LogP contribution < -0.4 is 10.1 Å². The number of benzene rings is 2. The topological polar surface area (TPSA) is 56.1 Å². The summed E-state index contributed by atoms with van der Waals surface area (Å²) in [6, 6.07) is 13.2. The first-order valence-corrected chi connectivity index (χ1v) is 8.45. The van der Waals surface area contributed by atoms with Gasteiger partial charge < -0.3 is 10.1 Å². The highest BCUT2D eigenvalue weighted by Crippen LogP contribution is 2.22. The molecule has 134 valence electrons. The van der Waals surface area contributed by atoms with E-state index in [0.29, 0.717) is 23.5 Å². The van der Waals surface area contributed by atoms with Crippen molar-refractivity contribution in [1.29, 1.82) is 0 Å². The monoisotopic (exact) mass is 373 g/mol. The molecule has 0 fully saturated rings. The van der Waals surface area contributed by atoms with Crippen molar-refractivity contribution < 1.29 is 13.9 Å². The van der Waals surface area contributed by atoms with Gasteiger partial charge in [-0.05, 0) is 37.3 Å². The van der Waals surface area contributed by atoms with Crippen molar-refractivity contribution in [2.45, 2.75) is 13.5 Å². The van der Waals surface area contributed by atoms with Crippen molar-refractivity contribution >= 4 is 23.3 Å². The highest BCUT2D eigenvalue weighted by Gasteiger charge is 2.13. The van der Waals surface area contributed by atoms with Crippen molar-refractivity contribution in [1.82, 2.24) is 9.78 Å². The van der Waals surface area contributed by atoms with E-state index in [1.54, 1.807) is 48.7 Å². The Bertz CT molecular complexity index is 909. The molecule has 0 saturated heterocycles. The number of halogens is 2. The Labute approximate surface area is 155 Å². The van der Waals surface area contributed by atoms with Crippen LogP contribution in [0.15, 0.2) is 54.7 Å². The minimum atomic E-state index is -0.342. The molecule has 0 spiro atoms. The predicted octanol–water partition coefficient (Wildman–Crippen LogP) is 4.37. The second kappa shape index (κ2) is 8.01. The maximum absolute atomic E-state index is 13.7. The van der Waals surface area contributed by atoms with E-state index in [0.717, 1.165) is 0 Å². The van der Waals surface area contributed by atoms with Gasteiger partial charge in [0.25, 0.3) is 5.91 Å². The lowest BCUT2D eigenvalue weighted by Crippen LogP contribution is -2.13. The van der Waals surface area contributed by atoms with E-state index in [9.17, 15) is 9.18 Å². The number of carbonyl (C=O) groups is 1. The quantitative estimate of drug-likeness (QED) is 0.697. The van der Waals surface area contributed by atoms with Crippen molar-refractivity contribution in [3.05, 3.63) is 76.7 Å². The first kappa shape index (κ1) is 17.9. The fraction of sp³-hybridized carbons (Fsp3) is 0.158. The minimum absolute atomic E-state index is 0.214. The lowest BCUT2D eigenvalue weighted by Gasteiger charge is -2.06. The Kier molecular flexibility index (Phi) is 5.53. The van der Waals surface area contributed by atoms with Crippen LogP contribution in [-0.4, -0.2) is 22.3 Å². The minimum Gasteiger partial charge on any atom is -0.494 e. The summed E-state index contributed by atoms with van der Waals surface area (Å²) in [7, 11) is 0. The molecule has 26 heavy (non-hydrogen) atoms. The molecule has 0 aliphatic heterocycles. The van der Waals surface area contributed by atoms with E-state index < -0.39 is 0 Å². The van der Waals surface area contributed by atoms with Crippen LogP contribution in [0.4, 0.5) is 10.2 Å². The van der Waals surface area contributed by atoms with Crippen molar-refractivity contribution in [3.8, 4) is 5.75 Å². The third-order valence-electron chi connectivity index (χ3n) is 3.67. The molecule has 1 N–H and O–H groups in total. The van der Waals surface area contributed by atoms with E-state index in [2.05, 4.69) is 10.4 Å². The summed E-state index contributed by atoms with van der Waals surface area (Å²) in [5.74, 6) is 0.253. The number of ether oxygens (including phenoxy) is 1. The lowest BCUT2D eigenvalue weighted by molar-refractivity contribution is 0.102. The van der Waals surface area contributed by atoms with E-state index >= 15 is 0 Å². The summed E-state index contributed by atoms with van der Waals surface area (Å²) in [5, 5.41) is 7.16. The second-order valence-corrected chi connectivity index (χ2v) is 5.93. The third-order valence-corrected chi connectivity index (χ3v) is 3.94. The summed E-state index contributed by atoms with van der Waals surface area (Å²) in [6.45, 7) is 2.66. The smallest absolute Gasteiger partial charge is 0.256 e. The number of rotatable bonds is 6. The first-order valence-electron chi connectivity index (χ1n) is 8.07.